The van der Waals surface area contributed by atoms with Gasteiger partial charge in [-0.1, -0.05) is 13.0 Å². The van der Waals surface area contributed by atoms with Crippen LogP contribution in [0.1, 0.15) is 29.3 Å². The number of halogens is 1. The molecular weight excluding hydrogens is 335 g/mol. The summed E-state index contributed by atoms with van der Waals surface area (Å²) in [7, 11) is 0. The van der Waals surface area contributed by atoms with E-state index in [9.17, 15) is 14.3 Å². The Morgan fingerprint density at radius 1 is 1.42 bits per heavy atom. The largest absolute Gasteiger partial charge is 0.385 e. The molecule has 0 aliphatic carbocycles. The Morgan fingerprint density at radius 3 is 2.81 bits per heavy atom. The topological polar surface area (TPSA) is 91.5 Å². The van der Waals surface area contributed by atoms with Crippen LogP contribution in [0.2, 0.25) is 0 Å². The number of nitrogens with two attached hydrogens (primary N) is 1. The van der Waals surface area contributed by atoms with Crippen molar-refractivity contribution < 1.29 is 14.3 Å². The Bertz CT molecular complexity index is 821. The maximum absolute atomic E-state index is 14.1. The summed E-state index contributed by atoms with van der Waals surface area (Å²) in [5, 5.41) is 13.3. The van der Waals surface area contributed by atoms with E-state index in [2.05, 4.69) is 10.3 Å². The van der Waals surface area contributed by atoms with Crippen molar-refractivity contribution in [3.8, 4) is 0 Å². The Balaban J connectivity index is 1.79. The first-order valence-corrected chi connectivity index (χ1v) is 8.58. The number of hydrogen-bond donors (Lipinski definition) is 3. The van der Waals surface area contributed by atoms with Gasteiger partial charge in [-0.3, -0.25) is 9.78 Å². The van der Waals surface area contributed by atoms with Gasteiger partial charge in [0.05, 0.1) is 36.2 Å². The molecule has 4 N–H and O–H groups in total. The van der Waals surface area contributed by atoms with Crippen LogP contribution in [-0.2, 0) is 0 Å². The first kappa shape index (κ1) is 18.3. The minimum Gasteiger partial charge on any atom is -0.385 e. The van der Waals surface area contributed by atoms with Crippen LogP contribution in [0.15, 0.2) is 36.7 Å². The van der Waals surface area contributed by atoms with Crippen LogP contribution in [0.4, 0.5) is 15.8 Å². The van der Waals surface area contributed by atoms with Gasteiger partial charge in [-0.05, 0) is 37.1 Å². The molecule has 6 nitrogen and oxygen atoms in total. The van der Waals surface area contributed by atoms with Crippen LogP contribution in [0.5, 0.6) is 0 Å². The Kier molecular flexibility index (Phi) is 4.93. The number of aromatic nitrogens is 1. The molecule has 1 fully saturated rings. The van der Waals surface area contributed by atoms with E-state index in [1.807, 2.05) is 6.92 Å². The zero-order valence-electron chi connectivity index (χ0n) is 14.9. The third-order valence-electron chi connectivity index (χ3n) is 4.79. The van der Waals surface area contributed by atoms with Crippen molar-refractivity contribution in [1.82, 2.24) is 9.88 Å². The van der Waals surface area contributed by atoms with Crippen LogP contribution in [0.3, 0.4) is 0 Å². The van der Waals surface area contributed by atoms with E-state index in [1.54, 1.807) is 25.1 Å². The number of benzene rings is 1. The third-order valence-corrected chi connectivity index (χ3v) is 4.79. The number of rotatable bonds is 5. The molecule has 3 rings (SSSR count). The summed E-state index contributed by atoms with van der Waals surface area (Å²) in [4.78, 5) is 18.3. The highest BCUT2D eigenvalue weighted by atomic mass is 19.1. The average molecular weight is 358 g/mol. The Hall–Kier alpha value is -2.51. The van der Waals surface area contributed by atoms with Gasteiger partial charge in [-0.2, -0.15) is 0 Å². The number of hydrogen-bond acceptors (Lipinski definition) is 5. The highest BCUT2D eigenvalue weighted by Gasteiger charge is 2.47. The minimum atomic E-state index is -1.05. The maximum atomic E-state index is 14.1. The Morgan fingerprint density at radius 2 is 2.15 bits per heavy atom. The second-order valence-electron chi connectivity index (χ2n) is 6.81. The number of nitrogens with zero attached hydrogens (tertiary/aromatic N) is 2. The van der Waals surface area contributed by atoms with Crippen molar-refractivity contribution in [2.75, 3.05) is 18.4 Å². The van der Waals surface area contributed by atoms with Crippen molar-refractivity contribution in [2.24, 2.45) is 5.73 Å². The van der Waals surface area contributed by atoms with Crippen LogP contribution >= 0.6 is 0 Å². The monoisotopic (exact) mass is 358 g/mol. The highest BCUT2D eigenvalue weighted by Crippen LogP contribution is 2.29. The summed E-state index contributed by atoms with van der Waals surface area (Å²) >= 11 is 0. The third kappa shape index (κ3) is 3.40. The van der Waals surface area contributed by atoms with Gasteiger partial charge in [0.15, 0.2) is 0 Å². The number of β-amino-alcohol motifs (C(OH)–C–C–N with tert-alkyl or cyclic N) is 1. The molecule has 1 aliphatic heterocycles. The molecule has 26 heavy (non-hydrogen) atoms. The number of nitrogens with one attached hydrogen (secondary N) is 1. The van der Waals surface area contributed by atoms with E-state index in [4.69, 9.17) is 5.73 Å². The number of likely N-dealkylation sites (tertiary alicyclic amines) is 1. The molecule has 1 amide bonds. The summed E-state index contributed by atoms with van der Waals surface area (Å²) in [6.07, 6.45) is 3.62. The van der Waals surface area contributed by atoms with Crippen molar-refractivity contribution >= 4 is 17.3 Å². The lowest BCUT2D eigenvalue weighted by atomic mass is 9.84. The van der Waals surface area contributed by atoms with Gasteiger partial charge in [0.1, 0.15) is 11.4 Å². The number of carbonyl (C=O) groups is 1. The SMILES string of the molecule is CC[C@H](N)C1(O)CN(C(=O)c2ccncc2Nc2ccc(C)cc2F)C1. The summed E-state index contributed by atoms with van der Waals surface area (Å²) in [5.74, 6) is -0.658. The Labute approximate surface area is 151 Å². The summed E-state index contributed by atoms with van der Waals surface area (Å²) in [6, 6.07) is 6.03. The molecule has 0 saturated carbocycles. The fourth-order valence-electron chi connectivity index (χ4n) is 3.09. The van der Waals surface area contributed by atoms with Gasteiger partial charge in [0.25, 0.3) is 5.91 Å². The standard InChI is InChI=1S/C19H23FN4O2/c1-3-17(21)19(26)10-24(11-19)18(25)13-6-7-22-9-16(13)23-15-5-4-12(2)8-14(15)20/h4-9,17,23,26H,3,10-11,21H2,1-2H3/t17-/m0/s1. The number of amides is 1. The number of aryl methyl sites for hydroxylation is 1. The van der Waals surface area contributed by atoms with Crippen LogP contribution in [0.25, 0.3) is 0 Å². The molecule has 138 valence electrons. The van der Waals surface area contributed by atoms with Crippen LogP contribution in [0, 0.1) is 12.7 Å². The molecule has 1 aliphatic rings. The van der Waals surface area contributed by atoms with Crippen molar-refractivity contribution in [3.63, 3.8) is 0 Å². The van der Waals surface area contributed by atoms with Gasteiger partial charge in [0, 0.05) is 12.2 Å². The molecule has 0 bridgehead atoms. The molecule has 0 radical (unpaired) electrons. The summed E-state index contributed by atoms with van der Waals surface area (Å²) in [5.41, 5.74) is 6.73. The van der Waals surface area contributed by atoms with E-state index in [1.165, 1.54) is 23.4 Å². The van der Waals surface area contributed by atoms with Crippen molar-refractivity contribution in [1.29, 1.82) is 0 Å². The second-order valence-corrected chi connectivity index (χ2v) is 6.81. The molecule has 2 heterocycles. The zero-order valence-corrected chi connectivity index (χ0v) is 14.9. The number of anilines is 2. The summed E-state index contributed by atoms with van der Waals surface area (Å²) in [6.45, 7) is 4.06. The zero-order chi connectivity index (χ0) is 18.9. The lowest BCUT2D eigenvalue weighted by Crippen LogP contribution is -2.70. The molecule has 1 aromatic heterocycles. The fraction of sp³-hybridized carbons (Fsp3) is 0.368. The van der Waals surface area contributed by atoms with Gasteiger partial charge in [-0.25, -0.2) is 4.39 Å². The van der Waals surface area contributed by atoms with E-state index in [-0.39, 0.29) is 30.7 Å². The average Bonchev–Trinajstić information content (AvgIpc) is 2.60. The van der Waals surface area contributed by atoms with Gasteiger partial charge >= 0.3 is 0 Å². The fourth-order valence-corrected chi connectivity index (χ4v) is 3.09. The lowest BCUT2D eigenvalue weighted by Gasteiger charge is -2.49. The van der Waals surface area contributed by atoms with E-state index in [0.29, 0.717) is 17.7 Å². The minimum absolute atomic E-state index is 0.182. The van der Waals surface area contributed by atoms with Gasteiger partial charge < -0.3 is 21.1 Å². The van der Waals surface area contributed by atoms with E-state index in [0.717, 1.165) is 5.56 Å². The molecule has 7 heteroatoms. The molecule has 1 saturated heterocycles. The highest BCUT2D eigenvalue weighted by molar-refractivity contribution is 6.00. The molecule has 0 unspecified atom stereocenters. The number of carbonyl (C=O) groups excluding carboxylic acids is 1. The number of pyridine rings is 1. The summed E-state index contributed by atoms with van der Waals surface area (Å²) < 4.78 is 14.1. The molecule has 0 spiro atoms. The normalized spacial score (nSPS) is 16.7. The second kappa shape index (κ2) is 7.01. The smallest absolute Gasteiger partial charge is 0.256 e. The van der Waals surface area contributed by atoms with Gasteiger partial charge in [0.2, 0.25) is 0 Å². The van der Waals surface area contributed by atoms with Gasteiger partial charge in [-0.15, -0.1) is 0 Å². The molecular formula is C19H23FN4O2. The maximum Gasteiger partial charge on any atom is 0.256 e. The predicted octanol–water partition coefficient (Wildman–Crippen LogP) is 2.20. The first-order valence-electron chi connectivity index (χ1n) is 8.58. The molecule has 1 aromatic carbocycles. The van der Waals surface area contributed by atoms with Crippen LogP contribution < -0.4 is 11.1 Å². The quantitative estimate of drug-likeness (QED) is 0.762. The van der Waals surface area contributed by atoms with E-state index >= 15 is 0 Å². The first-order chi connectivity index (χ1) is 12.3. The molecule has 1 atom stereocenters. The van der Waals surface area contributed by atoms with Crippen molar-refractivity contribution in [2.45, 2.75) is 31.9 Å². The molecule has 2 aromatic rings. The van der Waals surface area contributed by atoms with Crippen LogP contribution in [-0.4, -0.2) is 45.6 Å². The van der Waals surface area contributed by atoms with E-state index < -0.39 is 11.4 Å². The predicted molar refractivity (Wildman–Crippen MR) is 97.8 cm³/mol. The van der Waals surface area contributed by atoms with Crippen molar-refractivity contribution in [3.05, 3.63) is 53.6 Å². The number of aliphatic hydroxyl groups is 1. The lowest BCUT2D eigenvalue weighted by molar-refractivity contribution is -0.0971.